The zero-order chi connectivity index (χ0) is 23.6. The Hall–Kier alpha value is -3.70. The second kappa shape index (κ2) is 9.04. The van der Waals surface area contributed by atoms with Crippen molar-refractivity contribution < 1.29 is 17.6 Å². The van der Waals surface area contributed by atoms with Crippen LogP contribution < -0.4 is 4.90 Å². The lowest BCUT2D eigenvalue weighted by molar-refractivity contribution is 0.0747. The first kappa shape index (κ1) is 22.5. The Morgan fingerprint density at radius 1 is 0.939 bits per heavy atom. The monoisotopic (exact) mass is 463 g/mol. The minimum absolute atomic E-state index is 0.00697. The molecule has 33 heavy (non-hydrogen) atoms. The molecule has 1 aliphatic rings. The summed E-state index contributed by atoms with van der Waals surface area (Å²) in [6, 6.07) is 19.8. The molecule has 1 amide bonds. The number of halogens is 1. The molecular weight excluding hydrogens is 441 g/mol. The van der Waals surface area contributed by atoms with E-state index >= 15 is 0 Å². The van der Waals surface area contributed by atoms with Crippen molar-refractivity contribution in [1.82, 2.24) is 4.90 Å². The SMILES string of the molecule is CS(=O)(=O)c1ccc(-c2ccccc2F)c(C(=O)N2CCN(c3ccccc3C#N)CC2)c1. The Balaban J connectivity index is 1.65. The molecule has 0 atom stereocenters. The van der Waals surface area contributed by atoms with Crippen LogP contribution in [0.3, 0.4) is 0 Å². The van der Waals surface area contributed by atoms with Crippen LogP contribution in [0.2, 0.25) is 0 Å². The molecule has 0 radical (unpaired) electrons. The summed E-state index contributed by atoms with van der Waals surface area (Å²) < 4.78 is 38.8. The van der Waals surface area contributed by atoms with Gasteiger partial charge in [-0.25, -0.2) is 12.8 Å². The van der Waals surface area contributed by atoms with Crippen LogP contribution in [-0.2, 0) is 9.84 Å². The predicted molar refractivity (Wildman–Crippen MR) is 124 cm³/mol. The second-order valence-corrected chi connectivity index (χ2v) is 9.88. The summed E-state index contributed by atoms with van der Waals surface area (Å²) in [5, 5.41) is 9.37. The second-order valence-electron chi connectivity index (χ2n) is 7.87. The number of hydrogen-bond acceptors (Lipinski definition) is 5. The number of sulfone groups is 1. The molecule has 6 nitrogen and oxygen atoms in total. The molecule has 0 aliphatic carbocycles. The summed E-state index contributed by atoms with van der Waals surface area (Å²) in [4.78, 5) is 17.2. The van der Waals surface area contributed by atoms with Gasteiger partial charge in [-0.1, -0.05) is 36.4 Å². The fourth-order valence-corrected chi connectivity index (χ4v) is 4.66. The summed E-state index contributed by atoms with van der Waals surface area (Å²) in [6.45, 7) is 1.81. The Morgan fingerprint density at radius 3 is 2.27 bits per heavy atom. The van der Waals surface area contributed by atoms with Crippen molar-refractivity contribution in [2.45, 2.75) is 4.90 Å². The third-order valence-electron chi connectivity index (χ3n) is 5.75. The lowest BCUT2D eigenvalue weighted by atomic mass is 9.98. The largest absolute Gasteiger partial charge is 0.367 e. The molecular formula is C25H22FN3O3S. The Bertz CT molecular complexity index is 1360. The van der Waals surface area contributed by atoms with E-state index < -0.39 is 15.7 Å². The smallest absolute Gasteiger partial charge is 0.254 e. The number of benzene rings is 3. The lowest BCUT2D eigenvalue weighted by Crippen LogP contribution is -2.49. The number of amides is 1. The highest BCUT2D eigenvalue weighted by molar-refractivity contribution is 7.90. The predicted octanol–water partition coefficient (Wildman–Crippen LogP) is 3.73. The number of carbonyl (C=O) groups excluding carboxylic acids is 1. The van der Waals surface area contributed by atoms with Crippen LogP contribution in [0.5, 0.6) is 0 Å². The molecule has 1 heterocycles. The number of nitrogens with zero attached hydrogens (tertiary/aromatic N) is 3. The molecule has 3 aromatic carbocycles. The fourth-order valence-electron chi connectivity index (χ4n) is 4.01. The van der Waals surface area contributed by atoms with E-state index in [0.717, 1.165) is 11.9 Å². The van der Waals surface area contributed by atoms with Crippen LogP contribution in [0.1, 0.15) is 15.9 Å². The maximum atomic E-state index is 14.5. The average Bonchev–Trinajstić information content (AvgIpc) is 2.83. The summed E-state index contributed by atoms with van der Waals surface area (Å²) in [5.41, 5.74) is 2.12. The number of anilines is 1. The van der Waals surface area contributed by atoms with E-state index in [4.69, 9.17) is 0 Å². The Kier molecular flexibility index (Phi) is 6.16. The highest BCUT2D eigenvalue weighted by Crippen LogP contribution is 2.30. The highest BCUT2D eigenvalue weighted by Gasteiger charge is 2.27. The van der Waals surface area contributed by atoms with Gasteiger partial charge in [-0.2, -0.15) is 5.26 Å². The number of carbonyl (C=O) groups is 1. The third-order valence-corrected chi connectivity index (χ3v) is 6.86. The van der Waals surface area contributed by atoms with E-state index in [0.29, 0.717) is 37.3 Å². The first-order chi connectivity index (χ1) is 15.8. The molecule has 0 bridgehead atoms. The minimum Gasteiger partial charge on any atom is -0.367 e. The van der Waals surface area contributed by atoms with Gasteiger partial charge in [0, 0.05) is 43.6 Å². The van der Waals surface area contributed by atoms with Crippen molar-refractivity contribution in [1.29, 1.82) is 5.26 Å². The van der Waals surface area contributed by atoms with Gasteiger partial charge >= 0.3 is 0 Å². The van der Waals surface area contributed by atoms with Crippen molar-refractivity contribution >= 4 is 21.4 Å². The van der Waals surface area contributed by atoms with Gasteiger partial charge < -0.3 is 9.80 Å². The summed E-state index contributed by atoms with van der Waals surface area (Å²) in [6.07, 6.45) is 1.07. The van der Waals surface area contributed by atoms with E-state index in [1.807, 2.05) is 17.0 Å². The van der Waals surface area contributed by atoms with Gasteiger partial charge in [0.1, 0.15) is 11.9 Å². The average molecular weight is 464 g/mol. The summed E-state index contributed by atoms with van der Waals surface area (Å²) in [5.74, 6) is -0.844. The maximum Gasteiger partial charge on any atom is 0.254 e. The van der Waals surface area contributed by atoms with Gasteiger partial charge in [0.05, 0.1) is 16.1 Å². The van der Waals surface area contributed by atoms with E-state index in [2.05, 4.69) is 6.07 Å². The van der Waals surface area contributed by atoms with Crippen molar-refractivity contribution in [3.63, 3.8) is 0 Å². The van der Waals surface area contributed by atoms with Gasteiger partial charge in [-0.3, -0.25) is 4.79 Å². The summed E-state index contributed by atoms with van der Waals surface area (Å²) in [7, 11) is -3.55. The van der Waals surface area contributed by atoms with Crippen molar-refractivity contribution in [2.75, 3.05) is 37.3 Å². The zero-order valence-electron chi connectivity index (χ0n) is 18.0. The molecule has 168 valence electrons. The van der Waals surface area contributed by atoms with Gasteiger partial charge in [0.25, 0.3) is 5.91 Å². The van der Waals surface area contributed by atoms with Crippen LogP contribution in [0.15, 0.2) is 71.6 Å². The Labute approximate surface area is 192 Å². The summed E-state index contributed by atoms with van der Waals surface area (Å²) >= 11 is 0. The first-order valence-electron chi connectivity index (χ1n) is 10.4. The van der Waals surface area contributed by atoms with E-state index in [1.54, 1.807) is 35.2 Å². The van der Waals surface area contributed by atoms with Crippen LogP contribution in [-0.4, -0.2) is 51.7 Å². The molecule has 1 aliphatic heterocycles. The quantitative estimate of drug-likeness (QED) is 0.589. The lowest BCUT2D eigenvalue weighted by Gasteiger charge is -2.36. The number of para-hydroxylation sites is 1. The van der Waals surface area contributed by atoms with Crippen molar-refractivity contribution in [3.05, 3.63) is 83.7 Å². The van der Waals surface area contributed by atoms with Crippen molar-refractivity contribution in [2.24, 2.45) is 0 Å². The third kappa shape index (κ3) is 4.59. The van der Waals surface area contributed by atoms with Gasteiger partial charge in [0.2, 0.25) is 0 Å². The van der Waals surface area contributed by atoms with Crippen LogP contribution in [0.25, 0.3) is 11.1 Å². The molecule has 1 saturated heterocycles. The zero-order valence-corrected chi connectivity index (χ0v) is 18.8. The Morgan fingerprint density at radius 2 is 1.61 bits per heavy atom. The van der Waals surface area contributed by atoms with Crippen LogP contribution >= 0.6 is 0 Å². The van der Waals surface area contributed by atoms with Gasteiger partial charge in [0.15, 0.2) is 9.84 Å². The van der Waals surface area contributed by atoms with Crippen molar-refractivity contribution in [3.8, 4) is 17.2 Å². The molecule has 0 saturated carbocycles. The molecule has 0 unspecified atom stereocenters. The molecule has 0 spiro atoms. The molecule has 3 aromatic rings. The number of nitriles is 1. The van der Waals surface area contributed by atoms with Crippen LogP contribution in [0, 0.1) is 17.1 Å². The van der Waals surface area contributed by atoms with Crippen LogP contribution in [0.4, 0.5) is 10.1 Å². The number of hydrogen-bond donors (Lipinski definition) is 0. The van der Waals surface area contributed by atoms with Gasteiger partial charge in [-0.05, 0) is 35.9 Å². The molecule has 8 heteroatoms. The van der Waals surface area contributed by atoms with E-state index in [1.165, 1.54) is 24.3 Å². The normalized spacial score (nSPS) is 14.1. The molecule has 0 N–H and O–H groups in total. The van der Waals surface area contributed by atoms with E-state index in [9.17, 15) is 22.9 Å². The maximum absolute atomic E-state index is 14.5. The standard InChI is InChI=1S/C25H22FN3O3S/c1-33(31,32)19-10-11-20(21-7-3-4-8-23(21)26)22(16-19)25(30)29-14-12-28(13-15-29)24-9-5-2-6-18(24)17-27/h2-11,16H,12-15H2,1H3. The molecule has 0 aromatic heterocycles. The number of piperazine rings is 1. The molecule has 1 fully saturated rings. The topological polar surface area (TPSA) is 81.5 Å². The molecule has 4 rings (SSSR count). The van der Waals surface area contributed by atoms with E-state index in [-0.39, 0.29) is 21.9 Å². The fraction of sp³-hybridized carbons (Fsp3) is 0.200. The minimum atomic E-state index is -3.55. The highest BCUT2D eigenvalue weighted by atomic mass is 32.2. The first-order valence-corrected chi connectivity index (χ1v) is 12.3. The van der Waals surface area contributed by atoms with Gasteiger partial charge in [-0.15, -0.1) is 0 Å². The number of rotatable bonds is 4.